The van der Waals surface area contributed by atoms with Crippen molar-refractivity contribution in [3.8, 4) is 11.6 Å². The Balaban J connectivity index is 1.51. The van der Waals surface area contributed by atoms with Crippen molar-refractivity contribution in [2.75, 3.05) is 57.7 Å². The van der Waals surface area contributed by atoms with Crippen molar-refractivity contribution in [3.63, 3.8) is 0 Å². The highest BCUT2D eigenvalue weighted by atomic mass is 16.5. The summed E-state index contributed by atoms with van der Waals surface area (Å²) in [6.07, 6.45) is 6.18. The van der Waals surface area contributed by atoms with Gasteiger partial charge in [-0.05, 0) is 39.9 Å². The standard InChI is InChI=1S/C28H36N8O3/c1-17-14-30-28(32-27(17)36-16-20(15-34(3)4)25(33-36)19-6-7-19)31-22-12-21(18(2)26(29)37)23(13-24(22)38-5)35-8-10-39-11-9-35/h12-14,16,19H,2,6-11,15H2,1,3-5H3,(H2,29,37)(H,30,31,32). The Kier molecular flexibility index (Phi) is 7.53. The molecule has 5 rings (SSSR count). The highest BCUT2D eigenvalue weighted by Crippen LogP contribution is 2.41. The molecular weight excluding hydrogens is 496 g/mol. The maximum absolute atomic E-state index is 12.1. The zero-order valence-corrected chi connectivity index (χ0v) is 23.0. The van der Waals surface area contributed by atoms with Gasteiger partial charge in [0.25, 0.3) is 0 Å². The molecule has 0 atom stereocenters. The van der Waals surface area contributed by atoms with Crippen LogP contribution in [0.3, 0.4) is 0 Å². The van der Waals surface area contributed by atoms with Gasteiger partial charge in [-0.15, -0.1) is 0 Å². The van der Waals surface area contributed by atoms with E-state index in [1.54, 1.807) is 13.3 Å². The number of hydrogen-bond acceptors (Lipinski definition) is 9. The van der Waals surface area contributed by atoms with Gasteiger partial charge in [-0.2, -0.15) is 10.1 Å². The second kappa shape index (κ2) is 11.0. The van der Waals surface area contributed by atoms with Gasteiger partial charge in [-0.1, -0.05) is 6.58 Å². The number of carbonyl (C=O) groups is 1. The Morgan fingerprint density at radius 2 is 2.03 bits per heavy atom. The first-order valence-corrected chi connectivity index (χ1v) is 13.1. The van der Waals surface area contributed by atoms with Crippen molar-refractivity contribution in [3.05, 3.63) is 53.5 Å². The molecule has 11 nitrogen and oxygen atoms in total. The van der Waals surface area contributed by atoms with E-state index in [1.807, 2.05) is 23.7 Å². The summed E-state index contributed by atoms with van der Waals surface area (Å²) >= 11 is 0. The maximum atomic E-state index is 12.1. The molecule has 11 heteroatoms. The highest BCUT2D eigenvalue weighted by Gasteiger charge is 2.30. The molecule has 1 saturated heterocycles. The lowest BCUT2D eigenvalue weighted by atomic mass is 10.0. The molecule has 0 spiro atoms. The van der Waals surface area contributed by atoms with Crippen LogP contribution >= 0.6 is 0 Å². The van der Waals surface area contributed by atoms with Crippen molar-refractivity contribution < 1.29 is 14.3 Å². The Morgan fingerprint density at radius 3 is 2.67 bits per heavy atom. The molecule has 39 heavy (non-hydrogen) atoms. The first-order chi connectivity index (χ1) is 18.7. The molecule has 2 aliphatic rings. The number of methoxy groups -OCH3 is 1. The zero-order valence-electron chi connectivity index (χ0n) is 23.0. The molecule has 1 aromatic carbocycles. The van der Waals surface area contributed by atoms with Crippen LogP contribution in [-0.2, 0) is 16.1 Å². The van der Waals surface area contributed by atoms with Gasteiger partial charge >= 0.3 is 0 Å². The number of anilines is 3. The molecule has 206 valence electrons. The van der Waals surface area contributed by atoms with E-state index in [0.29, 0.717) is 61.0 Å². The summed E-state index contributed by atoms with van der Waals surface area (Å²) in [7, 11) is 5.72. The van der Waals surface area contributed by atoms with Gasteiger partial charge < -0.3 is 30.3 Å². The zero-order chi connectivity index (χ0) is 27.7. The van der Waals surface area contributed by atoms with E-state index >= 15 is 0 Å². The fourth-order valence-corrected chi connectivity index (χ4v) is 4.82. The molecule has 2 aromatic heterocycles. The number of ether oxygens (including phenoxy) is 2. The van der Waals surface area contributed by atoms with Crippen LogP contribution in [0.2, 0.25) is 0 Å². The molecular formula is C28H36N8O3. The lowest BCUT2D eigenvalue weighted by Crippen LogP contribution is -2.37. The third-order valence-corrected chi connectivity index (χ3v) is 6.97. The van der Waals surface area contributed by atoms with Gasteiger partial charge in [-0.25, -0.2) is 9.67 Å². The molecule has 1 aliphatic carbocycles. The fraction of sp³-hybridized carbons (Fsp3) is 0.429. The number of rotatable bonds is 10. The van der Waals surface area contributed by atoms with E-state index in [9.17, 15) is 4.79 Å². The number of carbonyl (C=O) groups excluding carboxylic acids is 1. The number of hydrogen-bond donors (Lipinski definition) is 2. The van der Waals surface area contributed by atoms with Gasteiger partial charge in [0.1, 0.15) is 5.75 Å². The molecule has 0 unspecified atom stereocenters. The smallest absolute Gasteiger partial charge is 0.248 e. The summed E-state index contributed by atoms with van der Waals surface area (Å²) in [5.74, 6) is 1.58. The highest BCUT2D eigenvalue weighted by molar-refractivity contribution is 6.19. The van der Waals surface area contributed by atoms with Crippen LogP contribution in [0.15, 0.2) is 31.1 Å². The van der Waals surface area contributed by atoms with Crippen LogP contribution in [0.1, 0.15) is 41.1 Å². The number of aryl methyl sites for hydroxylation is 1. The summed E-state index contributed by atoms with van der Waals surface area (Å²) in [6, 6.07) is 3.70. The number of primary amides is 1. The van der Waals surface area contributed by atoms with E-state index in [-0.39, 0.29) is 5.57 Å². The van der Waals surface area contributed by atoms with Gasteiger partial charge in [0.15, 0.2) is 5.82 Å². The van der Waals surface area contributed by atoms with Gasteiger partial charge in [0, 0.05) is 72.0 Å². The van der Waals surface area contributed by atoms with E-state index < -0.39 is 5.91 Å². The molecule has 1 amide bonds. The molecule has 3 heterocycles. The van der Waals surface area contributed by atoms with Crippen molar-refractivity contribution in [2.45, 2.75) is 32.2 Å². The van der Waals surface area contributed by atoms with Crippen molar-refractivity contribution in [2.24, 2.45) is 5.73 Å². The second-order valence-corrected chi connectivity index (χ2v) is 10.3. The number of nitrogens with one attached hydrogen (secondary N) is 1. The Morgan fingerprint density at radius 1 is 1.28 bits per heavy atom. The molecule has 0 bridgehead atoms. The SMILES string of the molecule is C=C(C(N)=O)c1cc(Nc2ncc(C)c(-n3cc(CN(C)C)c(C4CC4)n3)n2)c(OC)cc1N1CCOCC1. The predicted molar refractivity (Wildman–Crippen MR) is 151 cm³/mol. The van der Waals surface area contributed by atoms with Gasteiger partial charge in [0.05, 0.1) is 31.7 Å². The number of aromatic nitrogens is 4. The summed E-state index contributed by atoms with van der Waals surface area (Å²) in [4.78, 5) is 25.8. The Labute approximate surface area is 228 Å². The van der Waals surface area contributed by atoms with Crippen LogP contribution in [0.25, 0.3) is 11.4 Å². The summed E-state index contributed by atoms with van der Waals surface area (Å²) in [5.41, 5.74) is 11.1. The largest absolute Gasteiger partial charge is 0.494 e. The summed E-state index contributed by atoms with van der Waals surface area (Å²) in [5, 5.41) is 8.21. The summed E-state index contributed by atoms with van der Waals surface area (Å²) in [6.45, 7) is 9.29. The maximum Gasteiger partial charge on any atom is 0.248 e. The average Bonchev–Trinajstić information content (AvgIpc) is 3.69. The van der Waals surface area contributed by atoms with Crippen LogP contribution in [0, 0.1) is 6.92 Å². The molecule has 0 radical (unpaired) electrons. The van der Waals surface area contributed by atoms with Crippen molar-refractivity contribution >= 4 is 28.8 Å². The van der Waals surface area contributed by atoms with Crippen molar-refractivity contribution in [1.29, 1.82) is 0 Å². The number of nitrogens with zero attached hydrogens (tertiary/aromatic N) is 6. The Hall–Kier alpha value is -3.96. The molecule has 1 aliphatic heterocycles. The lowest BCUT2D eigenvalue weighted by molar-refractivity contribution is -0.112. The Bertz CT molecular complexity index is 1390. The van der Waals surface area contributed by atoms with Crippen LogP contribution in [-0.4, -0.2) is 78.1 Å². The number of amides is 1. The topological polar surface area (TPSA) is 124 Å². The minimum atomic E-state index is -0.590. The normalized spacial score (nSPS) is 15.5. The van der Waals surface area contributed by atoms with Crippen LogP contribution < -0.4 is 20.7 Å². The fourth-order valence-electron chi connectivity index (χ4n) is 4.82. The molecule has 1 saturated carbocycles. The first kappa shape index (κ1) is 26.6. The summed E-state index contributed by atoms with van der Waals surface area (Å²) < 4.78 is 13.1. The van der Waals surface area contributed by atoms with E-state index in [0.717, 1.165) is 23.5 Å². The molecule has 3 N–H and O–H groups in total. The molecule has 2 fully saturated rings. The van der Waals surface area contributed by atoms with Crippen LogP contribution in [0.4, 0.5) is 17.3 Å². The van der Waals surface area contributed by atoms with Crippen LogP contribution in [0.5, 0.6) is 5.75 Å². The first-order valence-electron chi connectivity index (χ1n) is 13.1. The van der Waals surface area contributed by atoms with Gasteiger partial charge in [-0.3, -0.25) is 4.79 Å². The lowest BCUT2D eigenvalue weighted by Gasteiger charge is -2.31. The van der Waals surface area contributed by atoms with E-state index in [2.05, 4.69) is 47.0 Å². The number of morpholine rings is 1. The minimum absolute atomic E-state index is 0.213. The quantitative estimate of drug-likeness (QED) is 0.379. The monoisotopic (exact) mass is 532 g/mol. The second-order valence-electron chi connectivity index (χ2n) is 10.3. The van der Waals surface area contributed by atoms with Gasteiger partial charge in [0.2, 0.25) is 11.9 Å². The average molecular weight is 533 g/mol. The third kappa shape index (κ3) is 5.74. The van der Waals surface area contributed by atoms with E-state index in [4.69, 9.17) is 25.3 Å². The number of benzene rings is 1. The van der Waals surface area contributed by atoms with E-state index in [1.165, 1.54) is 18.4 Å². The molecule has 3 aromatic rings. The minimum Gasteiger partial charge on any atom is -0.494 e. The number of nitrogens with two attached hydrogens (primary N) is 1. The van der Waals surface area contributed by atoms with Crippen molar-refractivity contribution in [1.82, 2.24) is 24.6 Å². The predicted octanol–water partition coefficient (Wildman–Crippen LogP) is 3.00. The third-order valence-electron chi connectivity index (χ3n) is 6.97.